The van der Waals surface area contributed by atoms with Gasteiger partial charge in [0.1, 0.15) is 0 Å². The van der Waals surface area contributed by atoms with E-state index in [1.807, 2.05) is 19.0 Å². The van der Waals surface area contributed by atoms with Gasteiger partial charge in [-0.25, -0.2) is 0 Å². The first-order valence-electron chi connectivity index (χ1n) is 4.89. The van der Waals surface area contributed by atoms with E-state index >= 15 is 0 Å². The topological polar surface area (TPSA) is 66.8 Å². The van der Waals surface area contributed by atoms with Crippen LogP contribution in [0.1, 0.15) is 19.3 Å². The second kappa shape index (κ2) is 7.23. The fourth-order valence-corrected chi connectivity index (χ4v) is 1.28. The van der Waals surface area contributed by atoms with Crippen LogP contribution >= 0.6 is 0 Å². The maximum Gasteiger partial charge on any atom is 0.305 e. The van der Waals surface area contributed by atoms with Gasteiger partial charge in [0.2, 0.25) is 0 Å². The van der Waals surface area contributed by atoms with E-state index in [0.717, 1.165) is 6.54 Å². The number of ether oxygens (including phenoxy) is 1. The molecule has 1 unspecified atom stereocenters. The summed E-state index contributed by atoms with van der Waals surface area (Å²) in [5.74, 6) is -1.36. The molecule has 1 atom stereocenters. The molecule has 0 aromatic rings. The van der Waals surface area contributed by atoms with Gasteiger partial charge in [0.15, 0.2) is 0 Å². The van der Waals surface area contributed by atoms with Gasteiger partial charge in [0.05, 0.1) is 7.11 Å². The van der Waals surface area contributed by atoms with Gasteiger partial charge >= 0.3 is 11.9 Å². The van der Waals surface area contributed by atoms with Crippen molar-refractivity contribution in [3.05, 3.63) is 0 Å². The monoisotopic (exact) mass is 217 g/mol. The second-order valence-corrected chi connectivity index (χ2v) is 3.84. The van der Waals surface area contributed by atoms with Gasteiger partial charge < -0.3 is 14.7 Å². The molecule has 0 saturated carbocycles. The third-order valence-corrected chi connectivity index (χ3v) is 2.13. The molecule has 5 nitrogen and oxygen atoms in total. The Morgan fingerprint density at radius 1 is 1.33 bits per heavy atom. The lowest BCUT2D eigenvalue weighted by Gasteiger charge is -2.16. The fraction of sp³-hybridized carbons (Fsp3) is 0.800. The number of hydrogen-bond acceptors (Lipinski definition) is 4. The standard InChI is InChI=1S/C10H19NO4/c1-11(2)5-4-8(6-9(12)13)7-10(14)15-3/h8H,4-7H2,1-3H3,(H,12,13). The van der Waals surface area contributed by atoms with Gasteiger partial charge in [-0.1, -0.05) is 0 Å². The van der Waals surface area contributed by atoms with Crippen molar-refractivity contribution in [2.45, 2.75) is 19.3 Å². The summed E-state index contributed by atoms with van der Waals surface area (Å²) in [7, 11) is 5.14. The van der Waals surface area contributed by atoms with Crippen molar-refractivity contribution in [1.82, 2.24) is 4.90 Å². The molecule has 5 heteroatoms. The maximum absolute atomic E-state index is 11.0. The van der Waals surface area contributed by atoms with E-state index in [-0.39, 0.29) is 24.7 Å². The Bertz CT molecular complexity index is 215. The Hall–Kier alpha value is -1.10. The number of carboxylic acids is 1. The van der Waals surface area contributed by atoms with E-state index in [4.69, 9.17) is 5.11 Å². The summed E-state index contributed by atoms with van der Waals surface area (Å²) in [6, 6.07) is 0. The van der Waals surface area contributed by atoms with Crippen LogP contribution in [0, 0.1) is 5.92 Å². The van der Waals surface area contributed by atoms with E-state index in [9.17, 15) is 9.59 Å². The molecule has 0 aliphatic heterocycles. The minimum atomic E-state index is -0.873. The molecule has 88 valence electrons. The minimum absolute atomic E-state index is 0.0168. The summed E-state index contributed by atoms with van der Waals surface area (Å²) in [5.41, 5.74) is 0. The zero-order valence-corrected chi connectivity index (χ0v) is 9.52. The number of carboxylic acid groups (broad SMARTS) is 1. The highest BCUT2D eigenvalue weighted by molar-refractivity contribution is 5.72. The molecule has 0 bridgehead atoms. The maximum atomic E-state index is 11.0. The number of nitrogens with zero attached hydrogens (tertiary/aromatic N) is 1. The number of hydrogen-bond donors (Lipinski definition) is 1. The van der Waals surface area contributed by atoms with Crippen molar-refractivity contribution in [2.75, 3.05) is 27.7 Å². The lowest BCUT2D eigenvalue weighted by molar-refractivity contribution is -0.143. The van der Waals surface area contributed by atoms with E-state index in [2.05, 4.69) is 4.74 Å². The van der Waals surface area contributed by atoms with E-state index in [0.29, 0.717) is 6.42 Å². The van der Waals surface area contributed by atoms with Crippen LogP contribution in [-0.4, -0.2) is 49.7 Å². The molecule has 0 aromatic heterocycles. The minimum Gasteiger partial charge on any atom is -0.481 e. The number of carbonyl (C=O) groups is 2. The third kappa shape index (κ3) is 7.93. The molecule has 0 amide bonds. The van der Waals surface area contributed by atoms with Crippen LogP contribution < -0.4 is 0 Å². The molecule has 0 radical (unpaired) electrons. The summed E-state index contributed by atoms with van der Waals surface area (Å²) in [6.07, 6.45) is 0.883. The number of esters is 1. The smallest absolute Gasteiger partial charge is 0.305 e. The summed E-state index contributed by atoms with van der Waals surface area (Å²) in [4.78, 5) is 23.5. The Kier molecular flexibility index (Phi) is 6.70. The number of methoxy groups -OCH3 is 1. The van der Waals surface area contributed by atoms with E-state index in [1.165, 1.54) is 7.11 Å². The molecule has 15 heavy (non-hydrogen) atoms. The summed E-state index contributed by atoms with van der Waals surface area (Å²) < 4.78 is 4.52. The van der Waals surface area contributed by atoms with Crippen LogP contribution in [0.4, 0.5) is 0 Å². The molecule has 0 heterocycles. The zero-order chi connectivity index (χ0) is 11.8. The first kappa shape index (κ1) is 13.9. The molecule has 0 rings (SSSR count). The Balaban J connectivity index is 4.05. The van der Waals surface area contributed by atoms with Crippen LogP contribution in [-0.2, 0) is 14.3 Å². The Morgan fingerprint density at radius 3 is 2.33 bits per heavy atom. The highest BCUT2D eigenvalue weighted by Crippen LogP contribution is 2.14. The van der Waals surface area contributed by atoms with Gasteiger partial charge in [0, 0.05) is 12.8 Å². The summed E-state index contributed by atoms with van der Waals surface area (Å²) in [6.45, 7) is 0.773. The van der Waals surface area contributed by atoms with Crippen molar-refractivity contribution in [2.24, 2.45) is 5.92 Å². The average molecular weight is 217 g/mol. The summed E-state index contributed by atoms with van der Waals surface area (Å²) >= 11 is 0. The van der Waals surface area contributed by atoms with Gasteiger partial charge in [-0.15, -0.1) is 0 Å². The van der Waals surface area contributed by atoms with Crippen molar-refractivity contribution < 1.29 is 19.4 Å². The largest absolute Gasteiger partial charge is 0.481 e. The second-order valence-electron chi connectivity index (χ2n) is 3.84. The van der Waals surface area contributed by atoms with Crippen molar-refractivity contribution in [3.8, 4) is 0 Å². The van der Waals surface area contributed by atoms with Crippen LogP contribution in [0.5, 0.6) is 0 Å². The molecule has 1 N–H and O–H groups in total. The lowest BCUT2D eigenvalue weighted by atomic mass is 9.97. The fourth-order valence-electron chi connectivity index (χ4n) is 1.28. The highest BCUT2D eigenvalue weighted by Gasteiger charge is 2.17. The first-order chi connectivity index (χ1) is 6.95. The average Bonchev–Trinajstić information content (AvgIpc) is 2.13. The molecule has 0 aliphatic rings. The van der Waals surface area contributed by atoms with E-state index in [1.54, 1.807) is 0 Å². The van der Waals surface area contributed by atoms with Gasteiger partial charge in [0.25, 0.3) is 0 Å². The molecule has 0 saturated heterocycles. The normalized spacial score (nSPS) is 12.5. The molecular weight excluding hydrogens is 198 g/mol. The van der Waals surface area contributed by atoms with Crippen molar-refractivity contribution >= 4 is 11.9 Å². The number of carbonyl (C=O) groups excluding carboxylic acids is 1. The predicted octanol–water partition coefficient (Wildman–Crippen LogP) is 0.592. The Morgan fingerprint density at radius 2 is 1.93 bits per heavy atom. The molecule has 0 aromatic carbocycles. The Labute approximate surface area is 90.0 Å². The quantitative estimate of drug-likeness (QED) is 0.632. The predicted molar refractivity (Wildman–Crippen MR) is 55.5 cm³/mol. The van der Waals surface area contributed by atoms with Crippen molar-refractivity contribution in [1.29, 1.82) is 0 Å². The lowest BCUT2D eigenvalue weighted by Crippen LogP contribution is -2.20. The highest BCUT2D eigenvalue weighted by atomic mass is 16.5. The third-order valence-electron chi connectivity index (χ3n) is 2.13. The van der Waals surface area contributed by atoms with E-state index < -0.39 is 5.97 Å². The van der Waals surface area contributed by atoms with Gasteiger partial charge in [-0.3, -0.25) is 9.59 Å². The number of rotatable bonds is 7. The summed E-state index contributed by atoms with van der Waals surface area (Å²) in [5, 5.41) is 8.67. The van der Waals surface area contributed by atoms with Crippen molar-refractivity contribution in [3.63, 3.8) is 0 Å². The SMILES string of the molecule is COC(=O)CC(CCN(C)C)CC(=O)O. The van der Waals surface area contributed by atoms with Crippen LogP contribution in [0.15, 0.2) is 0 Å². The first-order valence-corrected chi connectivity index (χ1v) is 4.89. The van der Waals surface area contributed by atoms with Crippen LogP contribution in [0.3, 0.4) is 0 Å². The zero-order valence-electron chi connectivity index (χ0n) is 9.52. The molecule has 0 spiro atoms. The van der Waals surface area contributed by atoms with Crippen LogP contribution in [0.25, 0.3) is 0 Å². The number of aliphatic carboxylic acids is 1. The van der Waals surface area contributed by atoms with Gasteiger partial charge in [-0.05, 0) is 33.0 Å². The molecular formula is C10H19NO4. The van der Waals surface area contributed by atoms with Gasteiger partial charge in [-0.2, -0.15) is 0 Å². The molecule has 0 aliphatic carbocycles. The van der Waals surface area contributed by atoms with Crippen LogP contribution in [0.2, 0.25) is 0 Å². The molecule has 0 fully saturated rings.